The Labute approximate surface area is 138 Å². The Balaban J connectivity index is 1.65. The molecule has 2 aromatic carbocycles. The highest BCUT2D eigenvalue weighted by Crippen LogP contribution is 2.15. The summed E-state index contributed by atoms with van der Waals surface area (Å²) in [6, 6.07) is 14.7. The average Bonchev–Trinajstić information content (AvgIpc) is 2.98. The minimum Gasteiger partial charge on any atom is -0.324 e. The van der Waals surface area contributed by atoms with Crippen molar-refractivity contribution in [1.82, 2.24) is 20.2 Å². The molecule has 0 aliphatic carbocycles. The number of anilines is 1. The van der Waals surface area contributed by atoms with Crippen molar-refractivity contribution < 1.29 is 4.79 Å². The van der Waals surface area contributed by atoms with Gasteiger partial charge in [-0.1, -0.05) is 41.4 Å². The second-order valence-electron chi connectivity index (χ2n) is 5.06. The fourth-order valence-corrected chi connectivity index (χ4v) is 2.12. The molecule has 1 heterocycles. The summed E-state index contributed by atoms with van der Waals surface area (Å²) in [7, 11) is 0. The fraction of sp³-hybridized carbons (Fsp3) is 0.125. The van der Waals surface area contributed by atoms with Crippen LogP contribution in [0.1, 0.15) is 5.56 Å². The second-order valence-corrected chi connectivity index (χ2v) is 5.50. The molecule has 0 unspecified atom stereocenters. The van der Waals surface area contributed by atoms with Gasteiger partial charge in [-0.25, -0.2) is 0 Å². The number of nitrogens with one attached hydrogen (secondary N) is 1. The lowest BCUT2D eigenvalue weighted by atomic mass is 10.1. The normalized spacial score (nSPS) is 10.5. The zero-order valence-electron chi connectivity index (χ0n) is 12.4. The van der Waals surface area contributed by atoms with Gasteiger partial charge in [0, 0.05) is 16.3 Å². The maximum Gasteiger partial charge on any atom is 0.248 e. The molecule has 0 aliphatic rings. The standard InChI is InChI=1S/C16H14ClN5O/c1-11-2-4-12(5-3-11)16-19-21-22(20-16)10-15(23)18-14-8-6-13(17)7-9-14/h2-9H,10H2,1H3,(H,18,23). The van der Waals surface area contributed by atoms with Gasteiger partial charge in [0.15, 0.2) is 0 Å². The summed E-state index contributed by atoms with van der Waals surface area (Å²) >= 11 is 5.80. The third-order valence-electron chi connectivity index (χ3n) is 3.18. The first-order chi connectivity index (χ1) is 11.1. The number of carbonyl (C=O) groups excluding carboxylic acids is 1. The molecule has 0 saturated carbocycles. The molecular formula is C16H14ClN5O. The Hall–Kier alpha value is -2.73. The first-order valence-electron chi connectivity index (χ1n) is 7.00. The predicted octanol–water partition coefficient (Wildman–Crippen LogP) is 2.94. The van der Waals surface area contributed by atoms with Crippen LogP contribution in [-0.2, 0) is 11.3 Å². The van der Waals surface area contributed by atoms with Crippen molar-refractivity contribution >= 4 is 23.2 Å². The van der Waals surface area contributed by atoms with Gasteiger partial charge in [0.05, 0.1) is 0 Å². The first-order valence-corrected chi connectivity index (χ1v) is 7.38. The van der Waals surface area contributed by atoms with Gasteiger partial charge in [0.25, 0.3) is 0 Å². The highest BCUT2D eigenvalue weighted by molar-refractivity contribution is 6.30. The van der Waals surface area contributed by atoms with E-state index in [2.05, 4.69) is 20.7 Å². The van der Waals surface area contributed by atoms with Crippen LogP contribution >= 0.6 is 11.6 Å². The van der Waals surface area contributed by atoms with Crippen molar-refractivity contribution in [2.45, 2.75) is 13.5 Å². The number of tetrazole rings is 1. The molecule has 0 saturated heterocycles. The van der Waals surface area contributed by atoms with Gasteiger partial charge in [-0.05, 0) is 36.4 Å². The molecule has 0 bridgehead atoms. The Morgan fingerprint density at radius 1 is 1.13 bits per heavy atom. The van der Waals surface area contributed by atoms with Gasteiger partial charge in [-0.2, -0.15) is 4.80 Å². The zero-order chi connectivity index (χ0) is 16.2. The Morgan fingerprint density at radius 2 is 1.83 bits per heavy atom. The SMILES string of the molecule is Cc1ccc(-c2nnn(CC(=O)Nc3ccc(Cl)cc3)n2)cc1. The van der Waals surface area contributed by atoms with E-state index in [1.165, 1.54) is 4.80 Å². The number of amides is 1. The van der Waals surface area contributed by atoms with Crippen LogP contribution in [0.25, 0.3) is 11.4 Å². The molecule has 6 nitrogen and oxygen atoms in total. The van der Waals surface area contributed by atoms with E-state index in [9.17, 15) is 4.79 Å². The maximum absolute atomic E-state index is 12.0. The topological polar surface area (TPSA) is 72.7 Å². The third kappa shape index (κ3) is 3.92. The molecule has 0 radical (unpaired) electrons. The van der Waals surface area contributed by atoms with Crippen molar-refractivity contribution in [2.24, 2.45) is 0 Å². The van der Waals surface area contributed by atoms with E-state index < -0.39 is 0 Å². The number of halogens is 1. The number of hydrogen-bond donors (Lipinski definition) is 1. The Kier molecular flexibility index (Phi) is 4.34. The lowest BCUT2D eigenvalue weighted by Gasteiger charge is -2.04. The summed E-state index contributed by atoms with van der Waals surface area (Å²) < 4.78 is 0. The van der Waals surface area contributed by atoms with Gasteiger partial charge >= 0.3 is 0 Å². The summed E-state index contributed by atoms with van der Waals surface area (Å²) in [5.74, 6) is 0.254. The van der Waals surface area contributed by atoms with Crippen molar-refractivity contribution in [2.75, 3.05) is 5.32 Å². The predicted molar refractivity (Wildman–Crippen MR) is 88.1 cm³/mol. The molecule has 0 fully saturated rings. The molecule has 116 valence electrons. The number of rotatable bonds is 4. The molecule has 0 aliphatic heterocycles. The molecule has 1 N–H and O–H groups in total. The Morgan fingerprint density at radius 3 is 2.52 bits per heavy atom. The molecule has 0 spiro atoms. The monoisotopic (exact) mass is 327 g/mol. The van der Waals surface area contributed by atoms with Crippen LogP contribution in [0.4, 0.5) is 5.69 Å². The van der Waals surface area contributed by atoms with Gasteiger partial charge in [0.2, 0.25) is 11.7 Å². The molecule has 3 aromatic rings. The van der Waals surface area contributed by atoms with E-state index in [4.69, 9.17) is 11.6 Å². The van der Waals surface area contributed by atoms with Gasteiger partial charge in [-0.15, -0.1) is 10.2 Å². The van der Waals surface area contributed by atoms with Crippen LogP contribution in [0, 0.1) is 6.92 Å². The van der Waals surface area contributed by atoms with Crippen LogP contribution in [0.15, 0.2) is 48.5 Å². The third-order valence-corrected chi connectivity index (χ3v) is 3.43. The van der Waals surface area contributed by atoms with Crippen LogP contribution < -0.4 is 5.32 Å². The van der Waals surface area contributed by atoms with Gasteiger partial charge in [0.1, 0.15) is 6.54 Å². The second kappa shape index (κ2) is 6.58. The van der Waals surface area contributed by atoms with Crippen molar-refractivity contribution in [3.05, 3.63) is 59.1 Å². The summed E-state index contributed by atoms with van der Waals surface area (Å²) in [5.41, 5.74) is 2.68. The number of aryl methyl sites for hydroxylation is 1. The van der Waals surface area contributed by atoms with Crippen LogP contribution in [0.5, 0.6) is 0 Å². The number of nitrogens with zero attached hydrogens (tertiary/aromatic N) is 4. The van der Waals surface area contributed by atoms with E-state index in [0.29, 0.717) is 16.5 Å². The smallest absolute Gasteiger partial charge is 0.248 e. The number of aromatic nitrogens is 4. The highest BCUT2D eigenvalue weighted by atomic mass is 35.5. The summed E-state index contributed by atoms with van der Waals surface area (Å²) in [6.45, 7) is 2.00. The van der Waals surface area contributed by atoms with E-state index in [1.807, 2.05) is 31.2 Å². The summed E-state index contributed by atoms with van der Waals surface area (Å²) in [6.07, 6.45) is 0. The van der Waals surface area contributed by atoms with Crippen LogP contribution in [0.2, 0.25) is 5.02 Å². The van der Waals surface area contributed by atoms with Gasteiger partial charge < -0.3 is 5.32 Å². The molecule has 3 rings (SSSR count). The highest BCUT2D eigenvalue weighted by Gasteiger charge is 2.09. The average molecular weight is 328 g/mol. The Bertz CT molecular complexity index is 811. The quantitative estimate of drug-likeness (QED) is 0.799. The fourth-order valence-electron chi connectivity index (χ4n) is 1.99. The lowest BCUT2D eigenvalue weighted by Crippen LogP contribution is -2.20. The molecule has 1 aromatic heterocycles. The van der Waals surface area contributed by atoms with E-state index in [-0.39, 0.29) is 12.5 Å². The lowest BCUT2D eigenvalue weighted by molar-refractivity contribution is -0.117. The van der Waals surface area contributed by atoms with Crippen molar-refractivity contribution in [3.63, 3.8) is 0 Å². The molecule has 1 amide bonds. The zero-order valence-corrected chi connectivity index (χ0v) is 13.2. The molecule has 23 heavy (non-hydrogen) atoms. The van der Waals surface area contributed by atoms with E-state index in [1.54, 1.807) is 24.3 Å². The van der Waals surface area contributed by atoms with Gasteiger partial charge in [-0.3, -0.25) is 4.79 Å². The maximum atomic E-state index is 12.0. The van der Waals surface area contributed by atoms with E-state index >= 15 is 0 Å². The number of carbonyl (C=O) groups is 1. The number of hydrogen-bond acceptors (Lipinski definition) is 4. The minimum absolute atomic E-state index is 0.0124. The van der Waals surface area contributed by atoms with Crippen LogP contribution in [0.3, 0.4) is 0 Å². The van der Waals surface area contributed by atoms with Crippen molar-refractivity contribution in [1.29, 1.82) is 0 Å². The largest absolute Gasteiger partial charge is 0.324 e. The summed E-state index contributed by atoms with van der Waals surface area (Å²) in [4.78, 5) is 13.2. The minimum atomic E-state index is -0.236. The van der Waals surface area contributed by atoms with E-state index in [0.717, 1.165) is 11.1 Å². The first kappa shape index (κ1) is 15.2. The molecule has 0 atom stereocenters. The molecular weight excluding hydrogens is 314 g/mol. The van der Waals surface area contributed by atoms with Crippen LogP contribution in [-0.4, -0.2) is 26.1 Å². The summed E-state index contributed by atoms with van der Waals surface area (Å²) in [5, 5.41) is 15.5. The molecule has 7 heteroatoms. The van der Waals surface area contributed by atoms with Crippen molar-refractivity contribution in [3.8, 4) is 11.4 Å². The number of benzene rings is 2.